The molecule has 1 saturated heterocycles. The molecule has 2 fully saturated rings. The summed E-state index contributed by atoms with van der Waals surface area (Å²) in [7, 11) is 0. The predicted octanol–water partition coefficient (Wildman–Crippen LogP) is 1.48. The minimum Gasteiger partial charge on any atom is -0.378 e. The fourth-order valence-corrected chi connectivity index (χ4v) is 4.15. The van der Waals surface area contributed by atoms with E-state index in [1.807, 2.05) is 24.3 Å². The van der Waals surface area contributed by atoms with Gasteiger partial charge in [0.1, 0.15) is 11.6 Å². The molecule has 1 aromatic carbocycles. The van der Waals surface area contributed by atoms with Gasteiger partial charge in [0.25, 0.3) is 0 Å². The third-order valence-corrected chi connectivity index (χ3v) is 5.91. The van der Waals surface area contributed by atoms with Crippen LogP contribution in [0, 0.1) is 0 Å². The van der Waals surface area contributed by atoms with E-state index in [2.05, 4.69) is 20.9 Å². The first-order valence-corrected chi connectivity index (χ1v) is 10.8. The van der Waals surface area contributed by atoms with Crippen molar-refractivity contribution in [1.82, 2.24) is 20.6 Å². The smallest absolute Gasteiger partial charge is 0.319 e. The lowest BCUT2D eigenvalue weighted by atomic mass is 9.92. The maximum atomic E-state index is 12.1. The van der Waals surface area contributed by atoms with Gasteiger partial charge >= 0.3 is 6.03 Å². The van der Waals surface area contributed by atoms with Crippen LogP contribution in [0.5, 0.6) is 0 Å². The van der Waals surface area contributed by atoms with Crippen molar-refractivity contribution in [3.8, 4) is 11.4 Å². The molecule has 0 spiro atoms. The van der Waals surface area contributed by atoms with E-state index in [1.54, 1.807) is 0 Å². The van der Waals surface area contributed by atoms with Crippen LogP contribution in [-0.4, -0.2) is 60.7 Å². The highest BCUT2D eigenvalue weighted by molar-refractivity contribution is 5.92. The number of ether oxygens (including phenoxy) is 1. The van der Waals surface area contributed by atoms with Gasteiger partial charge in [0.05, 0.1) is 18.9 Å². The van der Waals surface area contributed by atoms with Gasteiger partial charge < -0.3 is 25.6 Å². The number of hydrogen-bond donors (Lipinski definition) is 3. The summed E-state index contributed by atoms with van der Waals surface area (Å²) < 4.78 is 5.51. The van der Waals surface area contributed by atoms with Gasteiger partial charge in [-0.3, -0.25) is 4.79 Å². The summed E-state index contributed by atoms with van der Waals surface area (Å²) in [5.41, 5.74) is 3.86. The van der Waals surface area contributed by atoms with Crippen LogP contribution >= 0.6 is 0 Å². The largest absolute Gasteiger partial charge is 0.378 e. The summed E-state index contributed by atoms with van der Waals surface area (Å²) in [5.74, 6) is 1.89. The third-order valence-electron chi connectivity index (χ3n) is 5.91. The molecule has 0 bridgehead atoms. The molecule has 162 valence electrons. The van der Waals surface area contributed by atoms with Gasteiger partial charge in [-0.25, -0.2) is 14.8 Å². The highest BCUT2D eigenvalue weighted by Gasteiger charge is 2.28. The summed E-state index contributed by atoms with van der Waals surface area (Å²) in [6.07, 6.45) is 1.76. The van der Waals surface area contributed by atoms with Gasteiger partial charge in [-0.2, -0.15) is 0 Å². The lowest BCUT2D eigenvalue weighted by Crippen LogP contribution is -2.46. The van der Waals surface area contributed by atoms with E-state index in [0.29, 0.717) is 37.6 Å². The van der Waals surface area contributed by atoms with Crippen molar-refractivity contribution in [2.24, 2.45) is 0 Å². The van der Waals surface area contributed by atoms with E-state index in [-0.39, 0.29) is 17.9 Å². The number of nitrogens with one attached hydrogen (secondary N) is 3. The molecule has 1 saturated carbocycles. The van der Waals surface area contributed by atoms with Gasteiger partial charge in [0.15, 0.2) is 5.82 Å². The summed E-state index contributed by atoms with van der Waals surface area (Å²) in [4.78, 5) is 35.2. The first kappa shape index (κ1) is 19.9. The molecule has 9 nitrogen and oxygen atoms in total. The second-order valence-electron chi connectivity index (χ2n) is 8.14. The van der Waals surface area contributed by atoms with Crippen molar-refractivity contribution in [2.45, 2.75) is 31.8 Å². The van der Waals surface area contributed by atoms with Crippen molar-refractivity contribution < 1.29 is 14.3 Å². The van der Waals surface area contributed by atoms with Crippen LogP contribution in [-0.2, 0) is 22.5 Å². The zero-order valence-electron chi connectivity index (χ0n) is 17.3. The predicted molar refractivity (Wildman–Crippen MR) is 116 cm³/mol. The Balaban J connectivity index is 1.34. The number of morpholine rings is 1. The van der Waals surface area contributed by atoms with Crippen molar-refractivity contribution in [3.63, 3.8) is 0 Å². The van der Waals surface area contributed by atoms with E-state index < -0.39 is 0 Å². The zero-order chi connectivity index (χ0) is 21.2. The highest BCUT2D eigenvalue weighted by atomic mass is 16.5. The number of ketones is 1. The Labute approximate surface area is 180 Å². The monoisotopic (exact) mass is 422 g/mol. The number of carbonyl (C=O) groups excluding carboxylic acids is 2. The molecule has 0 atom stereocenters. The van der Waals surface area contributed by atoms with Gasteiger partial charge in [0, 0.05) is 55.3 Å². The Bertz CT molecular complexity index is 979. The minimum atomic E-state index is -0.295. The molecule has 2 aromatic rings. The van der Waals surface area contributed by atoms with E-state index in [0.717, 1.165) is 49.7 Å². The maximum absolute atomic E-state index is 12.1. The summed E-state index contributed by atoms with van der Waals surface area (Å²) in [5, 5.41) is 9.01. The molecule has 5 rings (SSSR count). The molecule has 31 heavy (non-hydrogen) atoms. The van der Waals surface area contributed by atoms with Gasteiger partial charge in [-0.15, -0.1) is 0 Å². The quantitative estimate of drug-likeness (QED) is 0.685. The molecule has 2 aliphatic heterocycles. The number of amides is 2. The van der Waals surface area contributed by atoms with Crippen LogP contribution in [0.3, 0.4) is 0 Å². The Kier molecular flexibility index (Phi) is 5.52. The number of anilines is 2. The summed E-state index contributed by atoms with van der Waals surface area (Å²) >= 11 is 0. The molecule has 2 amide bonds. The number of hydrogen-bond acceptors (Lipinski definition) is 7. The number of nitrogens with zero attached hydrogens (tertiary/aromatic N) is 3. The van der Waals surface area contributed by atoms with E-state index >= 15 is 0 Å². The lowest BCUT2D eigenvalue weighted by Gasteiger charge is -2.31. The normalized spacial score (nSPS) is 18.8. The van der Waals surface area contributed by atoms with Crippen molar-refractivity contribution >= 4 is 23.3 Å². The number of fused-ring (bicyclic) bond motifs is 1. The number of rotatable bonds is 4. The van der Waals surface area contributed by atoms with E-state index in [4.69, 9.17) is 14.7 Å². The Morgan fingerprint density at radius 1 is 1.13 bits per heavy atom. The SMILES string of the molecule is O=C1CC(NC(=O)Nc2ccc(-c3nc4c(c(N5CCOCC5)n3)CCNC4)cc2)C1. The van der Waals surface area contributed by atoms with E-state index in [1.165, 1.54) is 5.56 Å². The summed E-state index contributed by atoms with van der Waals surface area (Å²) in [6.45, 7) is 4.77. The fourth-order valence-electron chi connectivity index (χ4n) is 4.15. The molecule has 0 radical (unpaired) electrons. The molecule has 3 N–H and O–H groups in total. The molecule has 0 unspecified atom stereocenters. The highest BCUT2D eigenvalue weighted by Crippen LogP contribution is 2.28. The molecule has 9 heteroatoms. The number of benzene rings is 1. The van der Waals surface area contributed by atoms with Crippen LogP contribution in [0.2, 0.25) is 0 Å². The van der Waals surface area contributed by atoms with Crippen molar-refractivity contribution in [1.29, 1.82) is 0 Å². The Hall–Kier alpha value is -3.04. The molecular weight excluding hydrogens is 396 g/mol. The Morgan fingerprint density at radius 3 is 2.65 bits per heavy atom. The summed E-state index contributed by atoms with van der Waals surface area (Å²) in [6, 6.07) is 7.18. The third kappa shape index (κ3) is 4.38. The molecule has 3 heterocycles. The van der Waals surface area contributed by atoms with Gasteiger partial charge in [-0.1, -0.05) is 0 Å². The Morgan fingerprint density at radius 2 is 1.90 bits per heavy atom. The van der Waals surface area contributed by atoms with Crippen LogP contribution < -0.4 is 20.9 Å². The zero-order valence-corrected chi connectivity index (χ0v) is 17.3. The number of carbonyl (C=O) groups is 2. The van der Waals surface area contributed by atoms with Crippen molar-refractivity contribution in [3.05, 3.63) is 35.5 Å². The first-order chi connectivity index (χ1) is 15.2. The minimum absolute atomic E-state index is 0.0529. The second kappa shape index (κ2) is 8.60. The van der Waals surface area contributed by atoms with Crippen LogP contribution in [0.4, 0.5) is 16.3 Å². The van der Waals surface area contributed by atoms with Gasteiger partial charge in [-0.05, 0) is 37.2 Å². The average molecular weight is 422 g/mol. The average Bonchev–Trinajstić information content (AvgIpc) is 2.78. The fraction of sp³-hybridized carbons (Fsp3) is 0.455. The first-order valence-electron chi connectivity index (χ1n) is 10.8. The number of urea groups is 1. The second-order valence-corrected chi connectivity index (χ2v) is 8.14. The molecule has 1 aromatic heterocycles. The number of Topliss-reactive ketones (excluding diaryl/α,β-unsaturated/α-hetero) is 1. The number of aromatic nitrogens is 2. The molecule has 1 aliphatic carbocycles. The van der Waals surface area contributed by atoms with Crippen LogP contribution in [0.25, 0.3) is 11.4 Å². The molecular formula is C22H26N6O3. The van der Waals surface area contributed by atoms with Crippen molar-refractivity contribution in [2.75, 3.05) is 43.1 Å². The van der Waals surface area contributed by atoms with Crippen LogP contribution in [0.1, 0.15) is 24.1 Å². The van der Waals surface area contributed by atoms with Crippen LogP contribution in [0.15, 0.2) is 24.3 Å². The maximum Gasteiger partial charge on any atom is 0.319 e. The lowest BCUT2D eigenvalue weighted by molar-refractivity contribution is -0.124. The standard InChI is InChI=1S/C22H26N6O3/c29-17-11-16(12-17)25-22(30)24-15-3-1-14(2-4-15)20-26-19-13-23-6-5-18(19)21(27-20)28-7-9-31-10-8-28/h1-4,16,23H,5-13H2,(H2,24,25,30). The van der Waals surface area contributed by atoms with Gasteiger partial charge in [0.2, 0.25) is 0 Å². The van der Waals surface area contributed by atoms with E-state index in [9.17, 15) is 9.59 Å². The topological polar surface area (TPSA) is 108 Å². The molecule has 3 aliphatic rings.